The van der Waals surface area contributed by atoms with Crippen molar-refractivity contribution in [2.45, 2.75) is 20.1 Å². The first kappa shape index (κ1) is 19.8. The van der Waals surface area contributed by atoms with Crippen LogP contribution in [0.15, 0.2) is 91.1 Å². The summed E-state index contributed by atoms with van der Waals surface area (Å²) in [6, 6.07) is 26.6. The first-order valence-electron chi connectivity index (χ1n) is 9.22. The van der Waals surface area contributed by atoms with E-state index in [1.165, 1.54) is 12.1 Å². The van der Waals surface area contributed by atoms with Crippen molar-refractivity contribution in [3.8, 4) is 0 Å². The molecule has 0 aromatic heterocycles. The molecule has 0 radical (unpaired) electrons. The van der Waals surface area contributed by atoms with Gasteiger partial charge in [0.1, 0.15) is 6.61 Å². The zero-order valence-electron chi connectivity index (χ0n) is 16.0. The van der Waals surface area contributed by atoms with E-state index < -0.39 is 8.07 Å². The molecule has 3 aromatic carbocycles. The molecule has 0 heterocycles. The van der Waals surface area contributed by atoms with E-state index >= 15 is 0 Å². The molecular formula is C24H24O3Si. The Bertz CT molecular complexity index is 968. The zero-order chi connectivity index (χ0) is 20.0. The van der Waals surface area contributed by atoms with E-state index in [4.69, 9.17) is 4.74 Å². The van der Waals surface area contributed by atoms with E-state index in [-0.39, 0.29) is 19.2 Å². The lowest BCUT2D eigenvalue weighted by molar-refractivity contribution is -0.142. The van der Waals surface area contributed by atoms with Gasteiger partial charge in [0, 0.05) is 6.92 Å². The largest absolute Gasteiger partial charge is 0.461 e. The SMILES string of the molecule is C=C[Si](c1ccccc1)(c1cccc(CO)c1)c1cccc(COC(C)=O)c1. The molecule has 3 nitrogen and oxygen atoms in total. The highest BCUT2D eigenvalue weighted by molar-refractivity contribution is 7.14. The van der Waals surface area contributed by atoms with Crippen LogP contribution in [0.25, 0.3) is 0 Å². The van der Waals surface area contributed by atoms with Crippen molar-refractivity contribution >= 4 is 29.6 Å². The molecule has 0 spiro atoms. The van der Waals surface area contributed by atoms with E-state index in [2.05, 4.69) is 48.7 Å². The molecule has 1 atom stereocenters. The fourth-order valence-electron chi connectivity index (χ4n) is 3.56. The van der Waals surface area contributed by atoms with E-state index in [9.17, 15) is 9.90 Å². The van der Waals surface area contributed by atoms with E-state index in [1.807, 2.05) is 42.5 Å². The van der Waals surface area contributed by atoms with Crippen LogP contribution in [-0.4, -0.2) is 19.1 Å². The van der Waals surface area contributed by atoms with Crippen molar-refractivity contribution < 1.29 is 14.6 Å². The summed E-state index contributed by atoms with van der Waals surface area (Å²) in [7, 11) is -2.52. The molecule has 0 bridgehead atoms. The topological polar surface area (TPSA) is 46.5 Å². The molecule has 0 aliphatic rings. The molecule has 0 fully saturated rings. The summed E-state index contributed by atoms with van der Waals surface area (Å²) in [6.07, 6.45) is 0. The fraction of sp³-hybridized carbons (Fsp3) is 0.125. The lowest BCUT2D eigenvalue weighted by Crippen LogP contribution is -2.66. The minimum atomic E-state index is -2.52. The van der Waals surface area contributed by atoms with Gasteiger partial charge >= 0.3 is 5.97 Å². The zero-order valence-corrected chi connectivity index (χ0v) is 17.0. The van der Waals surface area contributed by atoms with Crippen molar-refractivity contribution in [3.05, 3.63) is 102 Å². The Morgan fingerprint density at radius 1 is 0.929 bits per heavy atom. The number of ether oxygens (including phenoxy) is 1. The molecule has 142 valence electrons. The Labute approximate surface area is 166 Å². The van der Waals surface area contributed by atoms with Crippen LogP contribution in [0, 0.1) is 0 Å². The number of carbonyl (C=O) groups excluding carboxylic acids is 1. The maximum Gasteiger partial charge on any atom is 0.302 e. The molecule has 28 heavy (non-hydrogen) atoms. The van der Waals surface area contributed by atoms with Crippen LogP contribution in [-0.2, 0) is 22.7 Å². The molecule has 3 aromatic rings. The van der Waals surface area contributed by atoms with Crippen LogP contribution in [0.5, 0.6) is 0 Å². The Kier molecular flexibility index (Phi) is 6.24. The summed E-state index contributed by atoms with van der Waals surface area (Å²) in [5.74, 6) is -0.295. The van der Waals surface area contributed by atoms with E-state index in [0.717, 1.165) is 21.5 Å². The number of aliphatic hydroxyl groups excluding tert-OH is 1. The summed E-state index contributed by atoms with van der Waals surface area (Å²) < 4.78 is 5.19. The molecule has 0 amide bonds. The van der Waals surface area contributed by atoms with Gasteiger partial charge in [0.15, 0.2) is 8.07 Å². The highest BCUT2D eigenvalue weighted by atomic mass is 28.3. The van der Waals surface area contributed by atoms with Gasteiger partial charge in [-0.15, -0.1) is 6.58 Å². The van der Waals surface area contributed by atoms with Gasteiger partial charge in [-0.3, -0.25) is 4.79 Å². The number of esters is 1. The van der Waals surface area contributed by atoms with Gasteiger partial charge in [-0.25, -0.2) is 0 Å². The second-order valence-corrected chi connectivity index (χ2v) is 10.5. The predicted octanol–water partition coefficient (Wildman–Crippen LogP) is 2.44. The van der Waals surface area contributed by atoms with Crippen LogP contribution in [0.1, 0.15) is 18.1 Å². The third-order valence-corrected chi connectivity index (χ3v) is 9.22. The van der Waals surface area contributed by atoms with Crippen LogP contribution in [0.2, 0.25) is 0 Å². The summed E-state index contributed by atoms with van der Waals surface area (Å²) >= 11 is 0. The average molecular weight is 389 g/mol. The van der Waals surface area contributed by atoms with Gasteiger partial charge in [0.05, 0.1) is 6.61 Å². The highest BCUT2D eigenvalue weighted by Crippen LogP contribution is 2.12. The number of hydrogen-bond acceptors (Lipinski definition) is 3. The van der Waals surface area contributed by atoms with Crippen molar-refractivity contribution in [2.75, 3.05) is 0 Å². The summed E-state index contributed by atoms with van der Waals surface area (Å²) in [6.45, 7) is 5.89. The first-order chi connectivity index (χ1) is 13.6. The van der Waals surface area contributed by atoms with Gasteiger partial charge in [0.2, 0.25) is 0 Å². The summed E-state index contributed by atoms with van der Waals surface area (Å²) in [5.41, 5.74) is 3.90. The van der Waals surface area contributed by atoms with Gasteiger partial charge in [0.25, 0.3) is 0 Å². The number of carbonyl (C=O) groups is 1. The maximum absolute atomic E-state index is 11.2. The van der Waals surface area contributed by atoms with Gasteiger partial charge in [-0.2, -0.15) is 0 Å². The van der Waals surface area contributed by atoms with Crippen LogP contribution < -0.4 is 15.6 Å². The monoisotopic (exact) mass is 388 g/mol. The van der Waals surface area contributed by atoms with Crippen molar-refractivity contribution in [1.29, 1.82) is 0 Å². The Morgan fingerprint density at radius 2 is 1.50 bits per heavy atom. The van der Waals surface area contributed by atoms with Crippen LogP contribution in [0.3, 0.4) is 0 Å². The minimum Gasteiger partial charge on any atom is -0.461 e. The average Bonchev–Trinajstić information content (AvgIpc) is 2.74. The van der Waals surface area contributed by atoms with Crippen LogP contribution >= 0.6 is 0 Å². The third kappa shape index (κ3) is 3.98. The lowest BCUT2D eigenvalue weighted by Gasteiger charge is -2.31. The van der Waals surface area contributed by atoms with E-state index in [0.29, 0.717) is 0 Å². The molecule has 0 aliphatic heterocycles. The van der Waals surface area contributed by atoms with Crippen molar-refractivity contribution in [1.82, 2.24) is 0 Å². The summed E-state index contributed by atoms with van der Waals surface area (Å²) in [4.78, 5) is 11.2. The Balaban J connectivity index is 2.21. The molecule has 0 saturated heterocycles. The second kappa shape index (κ2) is 8.82. The summed E-state index contributed by atoms with van der Waals surface area (Å²) in [5, 5.41) is 13.2. The molecule has 1 N–H and O–H groups in total. The standard InChI is InChI=1S/C24H24O3Si/c1-3-28(22-11-5-4-6-12-22,23-13-7-9-20(15-23)17-25)24-14-8-10-21(16-24)18-27-19(2)26/h3-16,25H,1,17-18H2,2H3. The molecular weight excluding hydrogens is 364 g/mol. The van der Waals surface area contributed by atoms with Gasteiger partial charge < -0.3 is 9.84 Å². The molecule has 1 unspecified atom stereocenters. The predicted molar refractivity (Wildman–Crippen MR) is 116 cm³/mol. The number of hydrogen-bond donors (Lipinski definition) is 1. The highest BCUT2D eigenvalue weighted by Gasteiger charge is 2.36. The Morgan fingerprint density at radius 3 is 2.07 bits per heavy atom. The number of rotatable bonds is 7. The van der Waals surface area contributed by atoms with Crippen molar-refractivity contribution in [3.63, 3.8) is 0 Å². The smallest absolute Gasteiger partial charge is 0.302 e. The van der Waals surface area contributed by atoms with Crippen molar-refractivity contribution in [2.24, 2.45) is 0 Å². The van der Waals surface area contributed by atoms with Crippen LogP contribution in [0.4, 0.5) is 0 Å². The fourth-order valence-corrected chi connectivity index (χ4v) is 7.53. The maximum atomic E-state index is 11.2. The normalized spacial score (nSPS) is 12.8. The van der Waals surface area contributed by atoms with E-state index in [1.54, 1.807) is 0 Å². The molecule has 0 saturated carbocycles. The third-order valence-electron chi connectivity index (χ3n) is 4.92. The van der Waals surface area contributed by atoms with Gasteiger partial charge in [-0.1, -0.05) is 84.6 Å². The van der Waals surface area contributed by atoms with Gasteiger partial charge in [-0.05, 0) is 26.7 Å². The number of benzene rings is 3. The quantitative estimate of drug-likeness (QED) is 0.384. The molecule has 3 rings (SSSR count). The second-order valence-electron chi connectivity index (χ2n) is 6.72. The molecule has 4 heteroatoms. The lowest BCUT2D eigenvalue weighted by atomic mass is 10.2. The first-order valence-corrected chi connectivity index (χ1v) is 11.3. The Hall–Kier alpha value is -2.95. The molecule has 0 aliphatic carbocycles. The minimum absolute atomic E-state index is 0.00323. The number of aliphatic hydroxyl groups is 1.